The maximum absolute atomic E-state index is 12.2. The van der Waals surface area contributed by atoms with Crippen molar-refractivity contribution in [2.75, 3.05) is 0 Å². The maximum Gasteiger partial charge on any atom is 0.223 e. The number of hydrogen-bond donors (Lipinski definition) is 1. The second kappa shape index (κ2) is 5.63. The Kier molecular flexibility index (Phi) is 4.34. The lowest BCUT2D eigenvalue weighted by Gasteiger charge is -2.36. The van der Waals surface area contributed by atoms with Crippen molar-refractivity contribution >= 4 is 5.91 Å². The van der Waals surface area contributed by atoms with Crippen LogP contribution in [0.1, 0.15) is 72.1 Å². The molecule has 2 aliphatic carbocycles. The van der Waals surface area contributed by atoms with Crippen molar-refractivity contribution in [2.45, 2.75) is 78.2 Å². The Labute approximate surface area is 112 Å². The standard InChI is InChI=1S/C16H29NO/c1-16(2,3)13-10-8-12(9-11-13)15(18)17-14-6-4-5-7-14/h12-14H,4-11H2,1-3H3,(H,17,18). The summed E-state index contributed by atoms with van der Waals surface area (Å²) >= 11 is 0. The minimum atomic E-state index is 0.296. The van der Waals surface area contributed by atoms with Crippen molar-refractivity contribution in [1.82, 2.24) is 5.32 Å². The van der Waals surface area contributed by atoms with Crippen molar-refractivity contribution < 1.29 is 4.79 Å². The van der Waals surface area contributed by atoms with Crippen LogP contribution < -0.4 is 5.32 Å². The van der Waals surface area contributed by atoms with Gasteiger partial charge in [-0.2, -0.15) is 0 Å². The zero-order valence-electron chi connectivity index (χ0n) is 12.3. The van der Waals surface area contributed by atoms with Gasteiger partial charge in [0.05, 0.1) is 0 Å². The van der Waals surface area contributed by atoms with Crippen molar-refractivity contribution in [1.29, 1.82) is 0 Å². The van der Waals surface area contributed by atoms with Gasteiger partial charge in [0.1, 0.15) is 0 Å². The van der Waals surface area contributed by atoms with E-state index in [2.05, 4.69) is 26.1 Å². The molecule has 0 radical (unpaired) electrons. The molecule has 18 heavy (non-hydrogen) atoms. The lowest BCUT2D eigenvalue weighted by atomic mass is 9.69. The average molecular weight is 251 g/mol. The van der Waals surface area contributed by atoms with Gasteiger partial charge in [0.15, 0.2) is 0 Å². The first kappa shape index (κ1) is 13.9. The summed E-state index contributed by atoms with van der Waals surface area (Å²) in [4.78, 5) is 12.2. The van der Waals surface area contributed by atoms with E-state index >= 15 is 0 Å². The zero-order chi connectivity index (χ0) is 13.2. The minimum Gasteiger partial charge on any atom is -0.353 e. The van der Waals surface area contributed by atoms with Crippen LogP contribution in [0.25, 0.3) is 0 Å². The molecule has 2 rings (SSSR count). The maximum atomic E-state index is 12.2. The Balaban J connectivity index is 1.76. The second-order valence-corrected chi connectivity index (χ2v) is 7.40. The van der Waals surface area contributed by atoms with Crippen LogP contribution in [0.2, 0.25) is 0 Å². The monoisotopic (exact) mass is 251 g/mol. The predicted octanol–water partition coefficient (Wildman–Crippen LogP) is 3.90. The minimum absolute atomic E-state index is 0.296. The van der Waals surface area contributed by atoms with Crippen LogP contribution in [-0.4, -0.2) is 11.9 Å². The van der Waals surface area contributed by atoms with Gasteiger partial charge in [-0.25, -0.2) is 0 Å². The summed E-state index contributed by atoms with van der Waals surface area (Å²) in [5.74, 6) is 1.44. The summed E-state index contributed by atoms with van der Waals surface area (Å²) in [5.41, 5.74) is 0.410. The molecular weight excluding hydrogens is 222 g/mol. The number of hydrogen-bond acceptors (Lipinski definition) is 1. The molecule has 104 valence electrons. The van der Waals surface area contributed by atoms with E-state index in [9.17, 15) is 4.79 Å². The molecule has 0 aromatic rings. The van der Waals surface area contributed by atoms with Crippen LogP contribution in [0.5, 0.6) is 0 Å². The molecule has 1 amide bonds. The normalized spacial score (nSPS) is 30.4. The Bertz CT molecular complexity index is 278. The number of nitrogens with one attached hydrogen (secondary N) is 1. The molecule has 2 saturated carbocycles. The quantitative estimate of drug-likeness (QED) is 0.792. The molecule has 2 fully saturated rings. The Morgan fingerprint density at radius 3 is 2.00 bits per heavy atom. The molecule has 0 atom stereocenters. The topological polar surface area (TPSA) is 29.1 Å². The highest BCUT2D eigenvalue weighted by Crippen LogP contribution is 2.39. The number of amides is 1. The highest BCUT2D eigenvalue weighted by Gasteiger charge is 2.33. The number of carbonyl (C=O) groups is 1. The number of carbonyl (C=O) groups excluding carboxylic acids is 1. The molecule has 2 heteroatoms. The molecular formula is C16H29NO. The van der Waals surface area contributed by atoms with Crippen molar-refractivity contribution in [3.8, 4) is 0 Å². The summed E-state index contributed by atoms with van der Waals surface area (Å²) in [7, 11) is 0. The molecule has 1 N–H and O–H groups in total. The van der Waals surface area contributed by atoms with Gasteiger partial charge in [0, 0.05) is 12.0 Å². The smallest absolute Gasteiger partial charge is 0.223 e. The summed E-state index contributed by atoms with van der Waals surface area (Å²) < 4.78 is 0. The van der Waals surface area contributed by atoms with E-state index in [0.29, 0.717) is 23.3 Å². The van der Waals surface area contributed by atoms with E-state index in [1.807, 2.05) is 0 Å². The van der Waals surface area contributed by atoms with Gasteiger partial charge in [0.2, 0.25) is 5.91 Å². The van der Waals surface area contributed by atoms with E-state index in [4.69, 9.17) is 0 Å². The highest BCUT2D eigenvalue weighted by atomic mass is 16.1. The molecule has 0 spiro atoms. The SMILES string of the molecule is CC(C)(C)C1CCC(C(=O)NC2CCCC2)CC1. The fraction of sp³-hybridized carbons (Fsp3) is 0.938. The van der Waals surface area contributed by atoms with Gasteiger partial charge < -0.3 is 5.32 Å². The van der Waals surface area contributed by atoms with Gasteiger partial charge in [-0.05, 0) is 49.9 Å². The molecule has 0 unspecified atom stereocenters. The first-order valence-electron chi connectivity index (χ1n) is 7.77. The van der Waals surface area contributed by atoms with E-state index in [0.717, 1.165) is 18.8 Å². The molecule has 0 heterocycles. The fourth-order valence-electron chi connectivity index (χ4n) is 3.61. The second-order valence-electron chi connectivity index (χ2n) is 7.40. The van der Waals surface area contributed by atoms with Crippen molar-refractivity contribution in [2.24, 2.45) is 17.3 Å². The van der Waals surface area contributed by atoms with Crippen LogP contribution in [0.3, 0.4) is 0 Å². The van der Waals surface area contributed by atoms with Crippen LogP contribution in [0.4, 0.5) is 0 Å². The van der Waals surface area contributed by atoms with Gasteiger partial charge in [-0.15, -0.1) is 0 Å². The lowest BCUT2D eigenvalue weighted by Crippen LogP contribution is -2.39. The third-order valence-electron chi connectivity index (χ3n) is 5.02. The molecule has 0 aromatic carbocycles. The summed E-state index contributed by atoms with van der Waals surface area (Å²) in [5, 5.41) is 3.26. The van der Waals surface area contributed by atoms with E-state index in [1.165, 1.54) is 38.5 Å². The van der Waals surface area contributed by atoms with Crippen LogP contribution in [0, 0.1) is 17.3 Å². The molecule has 0 aromatic heterocycles. The molecule has 2 nitrogen and oxygen atoms in total. The lowest BCUT2D eigenvalue weighted by molar-refractivity contribution is -0.127. The zero-order valence-corrected chi connectivity index (χ0v) is 12.3. The Morgan fingerprint density at radius 2 is 1.50 bits per heavy atom. The van der Waals surface area contributed by atoms with Gasteiger partial charge in [0.25, 0.3) is 0 Å². The first-order chi connectivity index (χ1) is 8.47. The van der Waals surface area contributed by atoms with Crippen molar-refractivity contribution in [3.63, 3.8) is 0 Å². The predicted molar refractivity (Wildman–Crippen MR) is 75.3 cm³/mol. The molecule has 0 aliphatic heterocycles. The molecule has 2 aliphatic rings. The largest absolute Gasteiger partial charge is 0.353 e. The molecule has 0 saturated heterocycles. The number of rotatable bonds is 2. The first-order valence-corrected chi connectivity index (χ1v) is 7.77. The highest BCUT2D eigenvalue weighted by molar-refractivity contribution is 5.79. The van der Waals surface area contributed by atoms with Crippen LogP contribution >= 0.6 is 0 Å². The fourth-order valence-corrected chi connectivity index (χ4v) is 3.61. The van der Waals surface area contributed by atoms with E-state index in [-0.39, 0.29) is 0 Å². The van der Waals surface area contributed by atoms with Gasteiger partial charge in [-0.1, -0.05) is 33.6 Å². The average Bonchev–Trinajstić information content (AvgIpc) is 2.81. The van der Waals surface area contributed by atoms with Crippen LogP contribution in [-0.2, 0) is 4.79 Å². The molecule has 0 bridgehead atoms. The van der Waals surface area contributed by atoms with Crippen LogP contribution in [0.15, 0.2) is 0 Å². The summed E-state index contributed by atoms with van der Waals surface area (Å²) in [6.07, 6.45) is 9.63. The van der Waals surface area contributed by atoms with Crippen molar-refractivity contribution in [3.05, 3.63) is 0 Å². The Morgan fingerprint density at radius 1 is 0.944 bits per heavy atom. The summed E-state index contributed by atoms with van der Waals surface area (Å²) in [6.45, 7) is 6.99. The third kappa shape index (κ3) is 3.49. The van der Waals surface area contributed by atoms with Gasteiger partial charge >= 0.3 is 0 Å². The Hall–Kier alpha value is -0.530. The van der Waals surface area contributed by atoms with E-state index < -0.39 is 0 Å². The summed E-state index contributed by atoms with van der Waals surface area (Å²) in [6, 6.07) is 0.484. The van der Waals surface area contributed by atoms with Gasteiger partial charge in [-0.3, -0.25) is 4.79 Å². The van der Waals surface area contributed by atoms with E-state index in [1.54, 1.807) is 0 Å². The third-order valence-corrected chi connectivity index (χ3v) is 5.02.